The number of phenolic OH excluding ortho intramolecular Hbond substituents is 1. The summed E-state index contributed by atoms with van der Waals surface area (Å²) < 4.78 is 16.4. The number of para-hydroxylation sites is 1. The van der Waals surface area contributed by atoms with Gasteiger partial charge in [0.25, 0.3) is 5.91 Å². The molecule has 0 radical (unpaired) electrons. The van der Waals surface area contributed by atoms with Crippen LogP contribution < -0.4 is 9.47 Å². The van der Waals surface area contributed by atoms with Crippen LogP contribution in [0.4, 0.5) is 0 Å². The summed E-state index contributed by atoms with van der Waals surface area (Å²) in [4.78, 5) is 14.4. The van der Waals surface area contributed by atoms with Gasteiger partial charge < -0.3 is 23.9 Å². The van der Waals surface area contributed by atoms with E-state index in [1.807, 2.05) is 25.1 Å². The molecule has 0 spiro atoms. The van der Waals surface area contributed by atoms with E-state index in [0.29, 0.717) is 22.8 Å². The van der Waals surface area contributed by atoms with Crippen molar-refractivity contribution in [3.05, 3.63) is 77.7 Å². The maximum Gasteiger partial charge on any atom is 0.261 e. The van der Waals surface area contributed by atoms with Crippen LogP contribution in [-0.4, -0.2) is 29.6 Å². The Labute approximate surface area is 163 Å². The molecule has 1 heterocycles. The second-order valence-electron chi connectivity index (χ2n) is 6.40. The van der Waals surface area contributed by atoms with Crippen molar-refractivity contribution in [1.82, 2.24) is 4.90 Å². The van der Waals surface area contributed by atoms with Crippen molar-refractivity contribution in [2.45, 2.75) is 20.0 Å². The average molecular weight is 381 g/mol. The van der Waals surface area contributed by atoms with E-state index < -0.39 is 0 Å². The Bertz CT molecular complexity index is 920. The molecule has 2 aromatic carbocycles. The van der Waals surface area contributed by atoms with Gasteiger partial charge in [-0.15, -0.1) is 0 Å². The lowest BCUT2D eigenvalue weighted by atomic mass is 10.2. The summed E-state index contributed by atoms with van der Waals surface area (Å²) in [5.74, 6) is 1.63. The minimum absolute atomic E-state index is 0.140. The number of methoxy groups -OCH3 is 1. The highest BCUT2D eigenvalue weighted by Gasteiger charge is 2.19. The summed E-state index contributed by atoms with van der Waals surface area (Å²) in [5.41, 5.74) is 1.69. The van der Waals surface area contributed by atoms with Crippen LogP contribution in [0.15, 0.2) is 65.3 Å². The third-order valence-electron chi connectivity index (χ3n) is 4.30. The Morgan fingerprint density at radius 1 is 1.07 bits per heavy atom. The molecule has 0 aliphatic carbocycles. The number of nitrogens with zero attached hydrogens (tertiary/aromatic N) is 1. The Kier molecular flexibility index (Phi) is 6.22. The lowest BCUT2D eigenvalue weighted by Crippen LogP contribution is -2.34. The second kappa shape index (κ2) is 8.99. The topological polar surface area (TPSA) is 72.1 Å². The largest absolute Gasteiger partial charge is 0.508 e. The average Bonchev–Trinajstić information content (AvgIpc) is 3.21. The molecule has 28 heavy (non-hydrogen) atoms. The number of furan rings is 1. The number of hydrogen-bond donors (Lipinski definition) is 1. The molecule has 0 atom stereocenters. The van der Waals surface area contributed by atoms with Gasteiger partial charge in [0.1, 0.15) is 11.5 Å². The van der Waals surface area contributed by atoms with Gasteiger partial charge in [-0.3, -0.25) is 4.79 Å². The molecule has 0 unspecified atom stereocenters. The van der Waals surface area contributed by atoms with Crippen LogP contribution in [0, 0.1) is 6.92 Å². The number of benzene rings is 2. The van der Waals surface area contributed by atoms with Gasteiger partial charge in [0.15, 0.2) is 18.1 Å². The number of aromatic hydroxyl groups is 1. The van der Waals surface area contributed by atoms with E-state index >= 15 is 0 Å². The predicted molar refractivity (Wildman–Crippen MR) is 104 cm³/mol. The van der Waals surface area contributed by atoms with Gasteiger partial charge in [-0.1, -0.05) is 24.3 Å². The Morgan fingerprint density at radius 2 is 1.89 bits per heavy atom. The van der Waals surface area contributed by atoms with E-state index in [1.54, 1.807) is 54.7 Å². The third-order valence-corrected chi connectivity index (χ3v) is 4.30. The van der Waals surface area contributed by atoms with Gasteiger partial charge in [-0.05, 0) is 42.8 Å². The molecule has 146 valence electrons. The van der Waals surface area contributed by atoms with Crippen LogP contribution >= 0.6 is 0 Å². The first kappa shape index (κ1) is 19.4. The van der Waals surface area contributed by atoms with E-state index in [1.165, 1.54) is 0 Å². The van der Waals surface area contributed by atoms with Gasteiger partial charge in [0, 0.05) is 12.1 Å². The van der Waals surface area contributed by atoms with Gasteiger partial charge >= 0.3 is 0 Å². The maximum absolute atomic E-state index is 12.9. The number of ether oxygens (including phenoxy) is 2. The fourth-order valence-electron chi connectivity index (χ4n) is 2.80. The summed E-state index contributed by atoms with van der Waals surface area (Å²) in [6, 6.07) is 16.0. The van der Waals surface area contributed by atoms with Crippen molar-refractivity contribution >= 4 is 5.91 Å². The van der Waals surface area contributed by atoms with E-state index in [0.717, 1.165) is 5.56 Å². The Hall–Kier alpha value is -3.41. The van der Waals surface area contributed by atoms with Crippen LogP contribution in [0.1, 0.15) is 16.9 Å². The maximum atomic E-state index is 12.9. The fourth-order valence-corrected chi connectivity index (χ4v) is 2.80. The van der Waals surface area contributed by atoms with E-state index in [-0.39, 0.29) is 31.4 Å². The Morgan fingerprint density at radius 3 is 2.61 bits per heavy atom. The van der Waals surface area contributed by atoms with Gasteiger partial charge in [0.05, 0.1) is 19.9 Å². The molecule has 3 aromatic rings. The Balaban J connectivity index is 1.73. The van der Waals surface area contributed by atoms with Crippen LogP contribution in [0.3, 0.4) is 0 Å². The standard InChI is InChI=1S/C22H23NO5/c1-16-9-10-20(21(12-16)26-2)28-15-22(25)23(14-18-7-5-11-27-18)13-17-6-3-4-8-19(17)24/h3-12,24H,13-15H2,1-2H3. The first-order chi connectivity index (χ1) is 13.6. The fraction of sp³-hybridized carbons (Fsp3) is 0.227. The van der Waals surface area contributed by atoms with E-state index in [4.69, 9.17) is 13.9 Å². The molecule has 6 heteroatoms. The van der Waals surface area contributed by atoms with Crippen molar-refractivity contribution < 1.29 is 23.8 Å². The number of phenols is 1. The van der Waals surface area contributed by atoms with Crippen LogP contribution in [0.2, 0.25) is 0 Å². The molecule has 0 bridgehead atoms. The van der Waals surface area contributed by atoms with E-state index in [9.17, 15) is 9.90 Å². The molecular formula is C22H23NO5. The zero-order chi connectivity index (χ0) is 19.9. The van der Waals surface area contributed by atoms with Crippen molar-refractivity contribution in [2.24, 2.45) is 0 Å². The first-order valence-electron chi connectivity index (χ1n) is 8.91. The third kappa shape index (κ3) is 4.85. The first-order valence-corrected chi connectivity index (χ1v) is 8.91. The molecule has 1 amide bonds. The molecular weight excluding hydrogens is 358 g/mol. The lowest BCUT2D eigenvalue weighted by molar-refractivity contribution is -0.134. The lowest BCUT2D eigenvalue weighted by Gasteiger charge is -2.22. The van der Waals surface area contributed by atoms with Crippen LogP contribution in [0.5, 0.6) is 17.2 Å². The summed E-state index contributed by atoms with van der Waals surface area (Å²) in [5, 5.41) is 10.1. The highest BCUT2D eigenvalue weighted by molar-refractivity contribution is 5.78. The van der Waals surface area contributed by atoms with Crippen molar-refractivity contribution in [3.63, 3.8) is 0 Å². The van der Waals surface area contributed by atoms with E-state index in [2.05, 4.69) is 0 Å². The zero-order valence-corrected chi connectivity index (χ0v) is 15.9. The quantitative estimate of drug-likeness (QED) is 0.640. The minimum atomic E-state index is -0.234. The highest BCUT2D eigenvalue weighted by Crippen LogP contribution is 2.28. The van der Waals surface area contributed by atoms with Gasteiger partial charge in [-0.2, -0.15) is 0 Å². The molecule has 1 aromatic heterocycles. The predicted octanol–water partition coefficient (Wildman–Crippen LogP) is 3.91. The molecule has 0 aliphatic rings. The normalized spacial score (nSPS) is 10.5. The molecule has 3 rings (SSSR count). The summed E-state index contributed by atoms with van der Waals surface area (Å²) in [7, 11) is 1.56. The molecule has 1 N–H and O–H groups in total. The number of aryl methyl sites for hydroxylation is 1. The van der Waals surface area contributed by atoms with Gasteiger partial charge in [0.2, 0.25) is 0 Å². The minimum Gasteiger partial charge on any atom is -0.508 e. The highest BCUT2D eigenvalue weighted by atomic mass is 16.5. The van der Waals surface area contributed by atoms with Crippen molar-refractivity contribution in [3.8, 4) is 17.2 Å². The number of carbonyl (C=O) groups excluding carboxylic acids is 1. The SMILES string of the molecule is COc1cc(C)ccc1OCC(=O)N(Cc1ccco1)Cc1ccccc1O. The number of amides is 1. The van der Waals surface area contributed by atoms with Crippen molar-refractivity contribution in [1.29, 1.82) is 0 Å². The number of rotatable bonds is 8. The van der Waals surface area contributed by atoms with Crippen LogP contribution in [-0.2, 0) is 17.9 Å². The molecule has 0 saturated carbocycles. The van der Waals surface area contributed by atoms with Crippen LogP contribution in [0.25, 0.3) is 0 Å². The zero-order valence-electron chi connectivity index (χ0n) is 15.9. The summed E-state index contributed by atoms with van der Waals surface area (Å²) in [6.07, 6.45) is 1.56. The molecule has 0 saturated heterocycles. The van der Waals surface area contributed by atoms with Gasteiger partial charge in [-0.25, -0.2) is 0 Å². The monoisotopic (exact) mass is 381 g/mol. The molecule has 0 aliphatic heterocycles. The summed E-state index contributed by atoms with van der Waals surface area (Å²) >= 11 is 0. The molecule has 0 fully saturated rings. The number of hydrogen-bond acceptors (Lipinski definition) is 5. The second-order valence-corrected chi connectivity index (χ2v) is 6.40. The molecule has 6 nitrogen and oxygen atoms in total. The summed E-state index contributed by atoms with van der Waals surface area (Å²) in [6.45, 7) is 2.30. The number of carbonyl (C=O) groups is 1. The smallest absolute Gasteiger partial charge is 0.261 e. The van der Waals surface area contributed by atoms with Crippen molar-refractivity contribution in [2.75, 3.05) is 13.7 Å².